The number of ether oxygens (including phenoxy) is 1. The van der Waals surface area contributed by atoms with Crippen molar-refractivity contribution in [3.63, 3.8) is 0 Å². The van der Waals surface area contributed by atoms with Crippen molar-refractivity contribution in [2.75, 3.05) is 24.5 Å². The van der Waals surface area contributed by atoms with E-state index in [0.29, 0.717) is 24.4 Å². The summed E-state index contributed by atoms with van der Waals surface area (Å²) in [6.45, 7) is 11.6. The lowest BCUT2D eigenvalue weighted by Crippen LogP contribution is -2.52. The summed E-state index contributed by atoms with van der Waals surface area (Å²) in [5.41, 5.74) is 3.81. The van der Waals surface area contributed by atoms with E-state index in [4.69, 9.17) is 4.74 Å². The molecule has 226 valence electrons. The highest BCUT2D eigenvalue weighted by molar-refractivity contribution is 7.92. The van der Waals surface area contributed by atoms with Crippen molar-refractivity contribution in [2.45, 2.75) is 65.4 Å². The average molecular weight is 594 g/mol. The molecule has 0 spiro atoms. The van der Waals surface area contributed by atoms with Crippen molar-refractivity contribution < 1.29 is 22.7 Å². The standard InChI is InChI=1S/C33H43N3O5S/c1-8-31(33(38)34-20-23(2)3)35(21-27-10-9-11-29(19-27)41-7)32(37)22-36(28-17-25(5)16-26(6)18-28)42(39,40)30-14-12-24(4)13-15-30/h9-19,23,31H,8,20-22H2,1-7H3,(H,34,38). The largest absolute Gasteiger partial charge is 0.497 e. The molecule has 0 aliphatic carbocycles. The third kappa shape index (κ3) is 8.35. The van der Waals surface area contributed by atoms with Crippen LogP contribution >= 0.6 is 0 Å². The van der Waals surface area contributed by atoms with E-state index in [1.165, 1.54) is 4.90 Å². The second kappa shape index (κ2) is 14.4. The van der Waals surface area contributed by atoms with Gasteiger partial charge in [0, 0.05) is 13.1 Å². The maximum absolute atomic E-state index is 14.2. The summed E-state index contributed by atoms with van der Waals surface area (Å²) in [5.74, 6) is 0.0886. The Kier molecular flexibility index (Phi) is 11.2. The fraction of sp³-hybridized carbons (Fsp3) is 0.394. The molecule has 42 heavy (non-hydrogen) atoms. The van der Waals surface area contributed by atoms with Gasteiger partial charge in [0.25, 0.3) is 10.0 Å². The number of nitrogens with zero attached hydrogens (tertiary/aromatic N) is 2. The van der Waals surface area contributed by atoms with Gasteiger partial charge in [-0.05, 0) is 86.2 Å². The van der Waals surface area contributed by atoms with Crippen molar-refractivity contribution in [3.8, 4) is 5.75 Å². The van der Waals surface area contributed by atoms with Gasteiger partial charge >= 0.3 is 0 Å². The molecule has 2 amide bonds. The number of carbonyl (C=O) groups excluding carboxylic acids is 2. The minimum atomic E-state index is -4.13. The fourth-order valence-corrected chi connectivity index (χ4v) is 6.17. The van der Waals surface area contributed by atoms with Gasteiger partial charge in [-0.15, -0.1) is 0 Å². The number of methoxy groups -OCH3 is 1. The van der Waals surface area contributed by atoms with Crippen molar-refractivity contribution in [2.24, 2.45) is 5.92 Å². The van der Waals surface area contributed by atoms with Crippen LogP contribution in [0.3, 0.4) is 0 Å². The molecule has 0 radical (unpaired) electrons. The van der Waals surface area contributed by atoms with Gasteiger partial charge < -0.3 is 15.0 Å². The number of carbonyl (C=O) groups is 2. The van der Waals surface area contributed by atoms with Crippen molar-refractivity contribution in [1.29, 1.82) is 0 Å². The molecule has 0 aliphatic heterocycles. The second-order valence-electron chi connectivity index (χ2n) is 11.1. The Morgan fingerprint density at radius 1 is 0.905 bits per heavy atom. The lowest BCUT2D eigenvalue weighted by atomic mass is 10.1. The van der Waals surface area contributed by atoms with Crippen LogP contribution in [0.5, 0.6) is 5.75 Å². The molecule has 0 saturated heterocycles. The van der Waals surface area contributed by atoms with Crippen LogP contribution in [0.2, 0.25) is 0 Å². The summed E-state index contributed by atoms with van der Waals surface area (Å²) in [6.07, 6.45) is 0.355. The minimum absolute atomic E-state index is 0.0844. The third-order valence-corrected chi connectivity index (χ3v) is 8.73. The van der Waals surface area contributed by atoms with E-state index >= 15 is 0 Å². The number of aryl methyl sites for hydroxylation is 3. The first-order valence-electron chi connectivity index (χ1n) is 14.2. The zero-order valence-corrected chi connectivity index (χ0v) is 26.5. The van der Waals surface area contributed by atoms with Gasteiger partial charge in [-0.25, -0.2) is 8.42 Å². The molecule has 0 aliphatic rings. The lowest BCUT2D eigenvalue weighted by Gasteiger charge is -2.33. The van der Waals surface area contributed by atoms with Crippen molar-refractivity contribution in [1.82, 2.24) is 10.2 Å². The van der Waals surface area contributed by atoms with Crippen LogP contribution in [0.15, 0.2) is 71.6 Å². The van der Waals surface area contributed by atoms with Crippen LogP contribution in [0.25, 0.3) is 0 Å². The third-order valence-electron chi connectivity index (χ3n) is 6.94. The highest BCUT2D eigenvalue weighted by atomic mass is 32.2. The van der Waals surface area contributed by atoms with Gasteiger partial charge in [0.05, 0.1) is 17.7 Å². The maximum atomic E-state index is 14.2. The van der Waals surface area contributed by atoms with Gasteiger partial charge in [0.1, 0.15) is 18.3 Å². The second-order valence-corrected chi connectivity index (χ2v) is 13.0. The molecule has 1 unspecified atom stereocenters. The van der Waals surface area contributed by atoms with Crippen molar-refractivity contribution in [3.05, 3.63) is 89.0 Å². The smallest absolute Gasteiger partial charge is 0.264 e. The predicted octanol–water partition coefficient (Wildman–Crippen LogP) is 5.40. The van der Waals surface area contributed by atoms with E-state index in [-0.39, 0.29) is 23.3 Å². The molecule has 3 rings (SSSR count). The Hall–Kier alpha value is -3.85. The molecule has 3 aromatic carbocycles. The van der Waals surface area contributed by atoms with Crippen LogP contribution in [0.4, 0.5) is 5.69 Å². The van der Waals surface area contributed by atoms with Gasteiger partial charge in [0.15, 0.2) is 0 Å². The fourth-order valence-electron chi connectivity index (χ4n) is 4.77. The van der Waals surface area contributed by atoms with Gasteiger partial charge in [-0.3, -0.25) is 13.9 Å². The monoisotopic (exact) mass is 593 g/mol. The molecule has 9 heteroatoms. The highest BCUT2D eigenvalue weighted by Crippen LogP contribution is 2.27. The molecule has 1 N–H and O–H groups in total. The van der Waals surface area contributed by atoms with Crippen molar-refractivity contribution >= 4 is 27.5 Å². The highest BCUT2D eigenvalue weighted by Gasteiger charge is 2.34. The Bertz CT molecular complexity index is 1470. The molecule has 0 bridgehead atoms. The molecule has 1 atom stereocenters. The topological polar surface area (TPSA) is 96.0 Å². The molecular formula is C33H43N3O5S. The van der Waals surface area contributed by atoms with Crippen LogP contribution < -0.4 is 14.4 Å². The molecule has 0 saturated carbocycles. The van der Waals surface area contributed by atoms with Crippen LogP contribution in [0, 0.1) is 26.7 Å². The Morgan fingerprint density at radius 3 is 2.12 bits per heavy atom. The molecule has 3 aromatic rings. The van der Waals surface area contributed by atoms with E-state index in [9.17, 15) is 18.0 Å². The first-order chi connectivity index (χ1) is 19.8. The maximum Gasteiger partial charge on any atom is 0.264 e. The van der Waals surface area contributed by atoms with Crippen LogP contribution in [-0.4, -0.2) is 51.4 Å². The van der Waals surface area contributed by atoms with Gasteiger partial charge in [-0.2, -0.15) is 0 Å². The zero-order valence-electron chi connectivity index (χ0n) is 25.7. The average Bonchev–Trinajstić information content (AvgIpc) is 2.94. The number of hydrogen-bond donors (Lipinski definition) is 1. The van der Waals surface area contributed by atoms with E-state index in [1.807, 2.05) is 65.8 Å². The number of hydrogen-bond acceptors (Lipinski definition) is 5. The number of nitrogens with one attached hydrogen (secondary N) is 1. The normalized spacial score (nSPS) is 12.1. The quantitative estimate of drug-likeness (QED) is 0.287. The molecular weight excluding hydrogens is 550 g/mol. The zero-order chi connectivity index (χ0) is 31.0. The number of sulfonamides is 1. The number of rotatable bonds is 13. The minimum Gasteiger partial charge on any atom is -0.497 e. The van der Waals surface area contributed by atoms with E-state index in [1.54, 1.807) is 49.6 Å². The van der Waals surface area contributed by atoms with E-state index < -0.39 is 28.5 Å². The summed E-state index contributed by atoms with van der Waals surface area (Å²) in [6, 6.07) is 18.5. The molecule has 8 nitrogen and oxygen atoms in total. The Morgan fingerprint density at radius 2 is 1.55 bits per heavy atom. The molecule has 0 fully saturated rings. The molecule has 0 aromatic heterocycles. The summed E-state index contributed by atoms with van der Waals surface area (Å²) in [4.78, 5) is 29.2. The Balaban J connectivity index is 2.09. The number of amides is 2. The number of anilines is 1. The van der Waals surface area contributed by atoms with Crippen LogP contribution in [-0.2, 0) is 26.2 Å². The van der Waals surface area contributed by atoms with E-state index in [0.717, 1.165) is 26.6 Å². The van der Waals surface area contributed by atoms with Gasteiger partial charge in [-0.1, -0.05) is 56.7 Å². The van der Waals surface area contributed by atoms with E-state index in [2.05, 4.69) is 5.32 Å². The number of benzene rings is 3. The first kappa shape index (κ1) is 32.7. The Labute approximate surface area is 250 Å². The predicted molar refractivity (Wildman–Crippen MR) is 167 cm³/mol. The summed E-state index contributed by atoms with van der Waals surface area (Å²) in [7, 11) is -2.56. The summed E-state index contributed by atoms with van der Waals surface area (Å²) >= 11 is 0. The summed E-state index contributed by atoms with van der Waals surface area (Å²) in [5, 5.41) is 2.95. The SMILES string of the molecule is CCC(C(=O)NCC(C)C)N(Cc1cccc(OC)c1)C(=O)CN(c1cc(C)cc(C)c1)S(=O)(=O)c1ccc(C)cc1. The molecule has 0 heterocycles. The van der Waals surface area contributed by atoms with Crippen LogP contribution in [0.1, 0.15) is 49.4 Å². The lowest BCUT2D eigenvalue weighted by molar-refractivity contribution is -0.140. The summed E-state index contributed by atoms with van der Waals surface area (Å²) < 4.78 is 34.7. The first-order valence-corrected chi connectivity index (χ1v) is 15.7. The van der Waals surface area contributed by atoms with Gasteiger partial charge in [0.2, 0.25) is 11.8 Å².